The molecule has 1 unspecified atom stereocenters. The van der Waals surface area contributed by atoms with Gasteiger partial charge in [0.15, 0.2) is 0 Å². The van der Waals surface area contributed by atoms with E-state index in [0.29, 0.717) is 44.5 Å². The molecule has 0 saturated carbocycles. The highest BCUT2D eigenvalue weighted by molar-refractivity contribution is 6.03. The lowest BCUT2D eigenvalue weighted by atomic mass is 9.96. The van der Waals surface area contributed by atoms with E-state index in [-0.39, 0.29) is 30.2 Å². The van der Waals surface area contributed by atoms with Gasteiger partial charge in [0.05, 0.1) is 30.8 Å². The summed E-state index contributed by atoms with van der Waals surface area (Å²) in [5.74, 6) is -0.771. The van der Waals surface area contributed by atoms with Gasteiger partial charge in [0.2, 0.25) is 0 Å². The first kappa shape index (κ1) is 23.1. The van der Waals surface area contributed by atoms with Crippen LogP contribution >= 0.6 is 0 Å². The number of hydrazone groups is 1. The van der Waals surface area contributed by atoms with Crippen LogP contribution in [0.15, 0.2) is 53.6 Å². The molecule has 2 aromatic carbocycles. The van der Waals surface area contributed by atoms with Crippen LogP contribution in [0.2, 0.25) is 0 Å². The van der Waals surface area contributed by atoms with Crippen LogP contribution < -0.4 is 0 Å². The minimum atomic E-state index is -0.480. The highest BCUT2D eigenvalue weighted by Crippen LogP contribution is 2.34. The first-order valence-electron chi connectivity index (χ1n) is 11.6. The summed E-state index contributed by atoms with van der Waals surface area (Å²) in [6.45, 7) is 5.66. The zero-order valence-electron chi connectivity index (χ0n) is 19.2. The monoisotopic (exact) mass is 451 g/mol. The molecule has 1 amide bonds. The van der Waals surface area contributed by atoms with Gasteiger partial charge in [-0.25, -0.2) is 9.40 Å². The van der Waals surface area contributed by atoms with Gasteiger partial charge in [0.1, 0.15) is 5.82 Å². The van der Waals surface area contributed by atoms with E-state index in [2.05, 4.69) is 5.10 Å². The molecule has 4 rings (SSSR count). The van der Waals surface area contributed by atoms with Crippen LogP contribution in [0.1, 0.15) is 48.9 Å². The van der Waals surface area contributed by atoms with Gasteiger partial charge in [0.25, 0.3) is 5.91 Å². The molecule has 1 atom stereocenters. The number of benzene rings is 2. The number of piperidine rings is 1. The Morgan fingerprint density at radius 2 is 1.88 bits per heavy atom. The van der Waals surface area contributed by atoms with Crippen molar-refractivity contribution in [1.82, 2.24) is 9.91 Å². The standard InChI is InChI=1S/C26H30FN3O3/c1-3-33-26(32)19-11-13-29(14-12-19)17-25(31)30-24(21-9-4-5-10-22(21)27)16-23(28-30)20-8-6-7-18(2)15-20/h4-10,15,19,24H,3,11-14,16-17H2,1-2H3. The van der Waals surface area contributed by atoms with Crippen LogP contribution in [0.3, 0.4) is 0 Å². The van der Waals surface area contributed by atoms with Crippen LogP contribution in [0.5, 0.6) is 0 Å². The summed E-state index contributed by atoms with van der Waals surface area (Å²) in [7, 11) is 0. The van der Waals surface area contributed by atoms with Crippen molar-refractivity contribution in [1.29, 1.82) is 0 Å². The summed E-state index contributed by atoms with van der Waals surface area (Å²) in [5.41, 5.74) is 3.30. The molecule has 0 N–H and O–H groups in total. The van der Waals surface area contributed by atoms with E-state index in [9.17, 15) is 14.0 Å². The number of carbonyl (C=O) groups is 2. The summed E-state index contributed by atoms with van der Waals surface area (Å²) >= 11 is 0. The molecule has 0 radical (unpaired) electrons. The first-order valence-corrected chi connectivity index (χ1v) is 11.6. The zero-order chi connectivity index (χ0) is 23.4. The highest BCUT2D eigenvalue weighted by atomic mass is 19.1. The molecule has 174 valence electrons. The number of ether oxygens (including phenoxy) is 1. The van der Waals surface area contributed by atoms with E-state index in [1.54, 1.807) is 25.1 Å². The lowest BCUT2D eigenvalue weighted by molar-refractivity contribution is -0.149. The predicted octanol–water partition coefficient (Wildman–Crippen LogP) is 4.09. The molecule has 2 aromatic rings. The lowest BCUT2D eigenvalue weighted by Crippen LogP contribution is -2.43. The van der Waals surface area contributed by atoms with Gasteiger partial charge in [-0.1, -0.05) is 48.0 Å². The van der Waals surface area contributed by atoms with Crippen molar-refractivity contribution >= 4 is 17.6 Å². The molecule has 0 bridgehead atoms. The summed E-state index contributed by atoms with van der Waals surface area (Å²) in [5, 5.41) is 6.12. The van der Waals surface area contributed by atoms with Crippen LogP contribution in [0.4, 0.5) is 4.39 Å². The average Bonchev–Trinajstić information content (AvgIpc) is 3.25. The Hall–Kier alpha value is -3.06. The maximum atomic E-state index is 14.7. The molecule has 2 aliphatic heterocycles. The number of carbonyl (C=O) groups excluding carboxylic acids is 2. The Labute approximate surface area is 194 Å². The molecule has 2 aliphatic rings. The molecule has 2 heterocycles. The largest absolute Gasteiger partial charge is 0.466 e. The number of esters is 1. The molecule has 6 nitrogen and oxygen atoms in total. The van der Waals surface area contributed by atoms with Crippen molar-refractivity contribution < 1.29 is 18.7 Å². The number of amides is 1. The van der Waals surface area contributed by atoms with Crippen molar-refractivity contribution in [3.8, 4) is 0 Å². The SMILES string of the molecule is CCOC(=O)C1CCN(CC(=O)N2N=C(c3cccc(C)c3)CC2c2ccccc2F)CC1. The number of hydrogen-bond acceptors (Lipinski definition) is 5. The number of hydrogen-bond donors (Lipinski definition) is 0. The smallest absolute Gasteiger partial charge is 0.309 e. The third-order valence-electron chi connectivity index (χ3n) is 6.35. The highest BCUT2D eigenvalue weighted by Gasteiger charge is 2.36. The van der Waals surface area contributed by atoms with E-state index >= 15 is 0 Å². The third kappa shape index (κ3) is 5.30. The molecule has 0 spiro atoms. The van der Waals surface area contributed by atoms with Gasteiger partial charge in [-0.2, -0.15) is 5.10 Å². The Morgan fingerprint density at radius 3 is 2.58 bits per heavy atom. The quantitative estimate of drug-likeness (QED) is 0.621. The van der Waals surface area contributed by atoms with Crippen molar-refractivity contribution in [2.75, 3.05) is 26.2 Å². The van der Waals surface area contributed by atoms with Crippen LogP contribution in [-0.2, 0) is 14.3 Å². The molecule has 7 heteroatoms. The fourth-order valence-electron chi connectivity index (χ4n) is 4.58. The van der Waals surface area contributed by atoms with Gasteiger partial charge in [-0.3, -0.25) is 14.5 Å². The van der Waals surface area contributed by atoms with Crippen LogP contribution in [0.25, 0.3) is 0 Å². The summed E-state index contributed by atoms with van der Waals surface area (Å²) in [4.78, 5) is 27.4. The molecular weight excluding hydrogens is 421 g/mol. The van der Waals surface area contributed by atoms with Gasteiger partial charge in [-0.15, -0.1) is 0 Å². The predicted molar refractivity (Wildman–Crippen MR) is 124 cm³/mol. The van der Waals surface area contributed by atoms with Crippen LogP contribution in [-0.4, -0.2) is 53.7 Å². The van der Waals surface area contributed by atoms with E-state index in [1.165, 1.54) is 11.1 Å². The summed E-state index contributed by atoms with van der Waals surface area (Å²) in [6, 6.07) is 14.1. The molecule has 0 aliphatic carbocycles. The van der Waals surface area contributed by atoms with Gasteiger partial charge >= 0.3 is 5.97 Å². The summed E-state index contributed by atoms with van der Waals surface area (Å²) < 4.78 is 19.8. The van der Waals surface area contributed by atoms with E-state index < -0.39 is 6.04 Å². The minimum Gasteiger partial charge on any atom is -0.466 e. The molecule has 1 saturated heterocycles. The number of nitrogens with zero attached hydrogens (tertiary/aromatic N) is 3. The van der Waals surface area contributed by atoms with Crippen molar-refractivity contribution in [3.05, 3.63) is 71.0 Å². The number of likely N-dealkylation sites (tertiary alicyclic amines) is 1. The van der Waals surface area contributed by atoms with E-state index in [0.717, 1.165) is 16.8 Å². The normalized spacial score (nSPS) is 19.4. The maximum Gasteiger partial charge on any atom is 0.309 e. The summed E-state index contributed by atoms with van der Waals surface area (Å²) in [6.07, 6.45) is 1.79. The van der Waals surface area contributed by atoms with E-state index in [4.69, 9.17) is 4.74 Å². The zero-order valence-corrected chi connectivity index (χ0v) is 19.2. The topological polar surface area (TPSA) is 62.2 Å². The van der Waals surface area contributed by atoms with Crippen LogP contribution in [0, 0.1) is 18.7 Å². The third-order valence-corrected chi connectivity index (χ3v) is 6.35. The fraction of sp³-hybridized carbons (Fsp3) is 0.423. The second-order valence-electron chi connectivity index (χ2n) is 8.70. The first-order chi connectivity index (χ1) is 16.0. The Bertz CT molecular complexity index is 1050. The fourth-order valence-corrected chi connectivity index (χ4v) is 4.58. The number of aryl methyl sites for hydroxylation is 1. The lowest BCUT2D eigenvalue weighted by Gasteiger charge is -2.32. The van der Waals surface area contributed by atoms with Crippen molar-refractivity contribution in [2.45, 2.75) is 39.2 Å². The molecule has 33 heavy (non-hydrogen) atoms. The minimum absolute atomic E-state index is 0.111. The number of rotatable bonds is 6. The maximum absolute atomic E-state index is 14.7. The van der Waals surface area contributed by atoms with Crippen molar-refractivity contribution in [2.24, 2.45) is 11.0 Å². The van der Waals surface area contributed by atoms with Gasteiger partial charge < -0.3 is 4.74 Å². The average molecular weight is 452 g/mol. The van der Waals surface area contributed by atoms with Gasteiger partial charge in [-0.05, 0) is 51.4 Å². The molecular formula is C26H30FN3O3. The Balaban J connectivity index is 1.50. The van der Waals surface area contributed by atoms with Gasteiger partial charge in [0, 0.05) is 12.0 Å². The molecule has 0 aromatic heterocycles. The van der Waals surface area contributed by atoms with Crippen molar-refractivity contribution in [3.63, 3.8) is 0 Å². The molecule has 1 fully saturated rings. The van der Waals surface area contributed by atoms with E-state index in [1.807, 2.05) is 36.1 Å². The Morgan fingerprint density at radius 1 is 1.12 bits per heavy atom. The second kappa shape index (κ2) is 10.3. The number of halogens is 1. The second-order valence-corrected chi connectivity index (χ2v) is 8.70. The Kier molecular flexibility index (Phi) is 7.18.